The molecule has 1 saturated carbocycles. The normalized spacial score (nSPS) is 20.4. The molecule has 16 heteroatoms. The first kappa shape index (κ1) is 32.4. The lowest BCUT2D eigenvalue weighted by molar-refractivity contribution is -0.137. The third kappa shape index (κ3) is 5.40. The van der Waals surface area contributed by atoms with E-state index in [-0.39, 0.29) is 70.2 Å². The molecule has 3 aliphatic rings. The fourth-order valence-electron chi connectivity index (χ4n) is 7.56. The number of nitrogens with one attached hydrogen (secondary N) is 1. The van der Waals surface area contributed by atoms with Crippen LogP contribution >= 0.6 is 0 Å². The number of pyridine rings is 2. The van der Waals surface area contributed by atoms with Crippen molar-refractivity contribution in [1.82, 2.24) is 35.0 Å². The van der Waals surface area contributed by atoms with Gasteiger partial charge in [0.15, 0.2) is 5.82 Å². The fourth-order valence-corrected chi connectivity index (χ4v) is 7.56. The van der Waals surface area contributed by atoms with Gasteiger partial charge in [-0.2, -0.15) is 28.2 Å². The highest BCUT2D eigenvalue weighted by molar-refractivity contribution is 6.02. The molecule has 0 spiro atoms. The summed E-state index contributed by atoms with van der Waals surface area (Å²) < 4.78 is 88.0. The highest BCUT2D eigenvalue weighted by Crippen LogP contribution is 2.48. The summed E-state index contributed by atoms with van der Waals surface area (Å²) in [4.78, 5) is 21.8. The van der Waals surface area contributed by atoms with Gasteiger partial charge < -0.3 is 20.1 Å². The van der Waals surface area contributed by atoms with Crippen LogP contribution in [0.25, 0.3) is 33.1 Å². The van der Waals surface area contributed by atoms with Crippen molar-refractivity contribution < 1.29 is 31.4 Å². The number of H-pyrrole nitrogens is 1. The third-order valence-electron chi connectivity index (χ3n) is 9.98. The molecule has 1 saturated heterocycles. The number of anilines is 2. The van der Waals surface area contributed by atoms with E-state index in [9.17, 15) is 17.6 Å². The van der Waals surface area contributed by atoms with Crippen molar-refractivity contribution in [2.75, 3.05) is 30.4 Å². The lowest BCUT2D eigenvalue weighted by Gasteiger charge is -2.35. The molecular weight excluding hydrogens is 661 g/mol. The number of likely N-dealkylation sites (tertiary alicyclic amines) is 1. The van der Waals surface area contributed by atoms with Gasteiger partial charge in [-0.3, -0.25) is 10.00 Å². The molecule has 3 N–H and O–H groups in total. The van der Waals surface area contributed by atoms with E-state index < -0.39 is 46.7 Å². The van der Waals surface area contributed by atoms with Crippen LogP contribution < -0.4 is 20.1 Å². The van der Waals surface area contributed by atoms with Crippen LogP contribution in [0.3, 0.4) is 0 Å². The summed E-state index contributed by atoms with van der Waals surface area (Å²) in [6.07, 6.45) is 1.55. The average Bonchev–Trinajstić information content (AvgIpc) is 3.65. The number of rotatable bonds is 7. The summed E-state index contributed by atoms with van der Waals surface area (Å²) in [5, 5.41) is 6.68. The maximum Gasteiger partial charge on any atom is 0.417 e. The Hall–Kier alpha value is -4.86. The number of aromatic nitrogens is 6. The number of nitrogens with two attached hydrogens (primary N) is 1. The van der Waals surface area contributed by atoms with Gasteiger partial charge in [-0.25, -0.2) is 18.7 Å². The summed E-state index contributed by atoms with van der Waals surface area (Å²) in [7, 11) is 0. The summed E-state index contributed by atoms with van der Waals surface area (Å²) in [5.41, 5.74) is 4.20. The van der Waals surface area contributed by atoms with E-state index in [0.29, 0.717) is 11.6 Å². The average molecular weight is 696 g/mol. The lowest BCUT2D eigenvalue weighted by Crippen LogP contribution is -2.39. The maximum atomic E-state index is 17.1. The van der Waals surface area contributed by atoms with E-state index in [1.807, 2.05) is 6.92 Å². The number of nitrogens with zero attached hydrogens (tertiary/aromatic N) is 7. The molecule has 6 heterocycles. The van der Waals surface area contributed by atoms with Crippen molar-refractivity contribution in [2.24, 2.45) is 0 Å². The number of nitrogen functional groups attached to an aromatic ring is 1. The third-order valence-corrected chi connectivity index (χ3v) is 9.98. The molecule has 2 unspecified atom stereocenters. The predicted molar refractivity (Wildman–Crippen MR) is 175 cm³/mol. The zero-order valence-corrected chi connectivity index (χ0v) is 27.5. The van der Waals surface area contributed by atoms with Crippen LogP contribution in [0.15, 0.2) is 24.5 Å². The smallest absolute Gasteiger partial charge is 0.417 e. The number of halogens is 5. The van der Waals surface area contributed by atoms with Gasteiger partial charge in [0.1, 0.15) is 47.3 Å². The predicted octanol–water partition coefficient (Wildman–Crippen LogP) is 6.50. The van der Waals surface area contributed by atoms with Gasteiger partial charge in [0, 0.05) is 28.6 Å². The van der Waals surface area contributed by atoms with E-state index in [1.54, 1.807) is 11.8 Å². The van der Waals surface area contributed by atoms with Gasteiger partial charge in [-0.1, -0.05) is 0 Å². The maximum absolute atomic E-state index is 17.1. The molecule has 1 aromatic carbocycles. The Bertz CT molecular complexity index is 2140. The van der Waals surface area contributed by atoms with E-state index >= 15 is 4.39 Å². The molecule has 50 heavy (non-hydrogen) atoms. The molecule has 3 atom stereocenters. The van der Waals surface area contributed by atoms with Crippen LogP contribution in [0.5, 0.6) is 11.9 Å². The molecular formula is C34H34F5N9O2. The molecule has 0 bridgehead atoms. The summed E-state index contributed by atoms with van der Waals surface area (Å²) in [6.45, 7) is 6.05. The second kappa shape index (κ2) is 11.9. The van der Waals surface area contributed by atoms with Crippen LogP contribution in [0.4, 0.5) is 33.6 Å². The van der Waals surface area contributed by atoms with E-state index in [1.165, 1.54) is 25.3 Å². The van der Waals surface area contributed by atoms with Crippen LogP contribution in [0, 0.1) is 18.6 Å². The van der Waals surface area contributed by atoms with Gasteiger partial charge in [0.05, 0.1) is 35.6 Å². The quantitative estimate of drug-likeness (QED) is 0.182. The number of hydrogen-bond donors (Lipinski definition) is 2. The molecule has 1 aliphatic carbocycles. The van der Waals surface area contributed by atoms with E-state index in [0.717, 1.165) is 38.4 Å². The lowest BCUT2D eigenvalue weighted by atomic mass is 9.94. The largest absolute Gasteiger partial charge is 0.475 e. The molecule has 8 rings (SSSR count). The number of benzene rings is 1. The molecule has 262 valence electrons. The Labute approximate surface area is 283 Å². The zero-order valence-electron chi connectivity index (χ0n) is 27.5. The number of aryl methyl sites for hydroxylation is 1. The number of alkyl halides is 3. The molecule has 4 aromatic heterocycles. The fraction of sp³-hybridized carbons (Fsp3) is 0.441. The standard InChI is InChI=1S/C34H34F5N9O2/c1-15-9-23-22(12-42-46-23)24(26(15)34(37,38)39)28-27(36)29-25-31(45-33(44-29)50-14-20-5-4-8-47(20)19-6-7-19)48(16(2)13-49-32(25)43-28)17(3)21-10-18(35)11-41-30(21)40/h9-12,16-17,19-20H,4-8,13-14H2,1-3H3,(H2,40,41)(H,42,46)/t16-,17?,20?/m0/s1. The van der Waals surface area contributed by atoms with Crippen molar-refractivity contribution in [1.29, 1.82) is 0 Å². The molecule has 0 radical (unpaired) electrons. The van der Waals surface area contributed by atoms with Crippen LogP contribution in [-0.2, 0) is 6.18 Å². The summed E-state index contributed by atoms with van der Waals surface area (Å²) >= 11 is 0. The van der Waals surface area contributed by atoms with Crippen molar-refractivity contribution in [2.45, 2.75) is 76.8 Å². The molecule has 2 aliphatic heterocycles. The minimum absolute atomic E-state index is 0.0272. The SMILES string of the molecule is Cc1cc2[nH]ncc2c(-c2nc3c4c(nc(OCC5CCCN5C5CC5)nc4c2F)N(C(C)c2cc(F)cnc2N)[C@@H](C)CO3)c1C(F)(F)F. The second-order valence-corrected chi connectivity index (χ2v) is 13.4. The number of aromatic amines is 1. The van der Waals surface area contributed by atoms with Crippen molar-refractivity contribution >= 4 is 33.4 Å². The van der Waals surface area contributed by atoms with Crippen LogP contribution in [0.1, 0.15) is 62.3 Å². The van der Waals surface area contributed by atoms with E-state index in [2.05, 4.69) is 30.0 Å². The van der Waals surface area contributed by atoms with E-state index in [4.69, 9.17) is 20.2 Å². The second-order valence-electron chi connectivity index (χ2n) is 13.4. The van der Waals surface area contributed by atoms with Crippen molar-refractivity contribution in [3.05, 3.63) is 52.9 Å². The highest BCUT2D eigenvalue weighted by atomic mass is 19.4. The Morgan fingerprint density at radius 2 is 1.92 bits per heavy atom. The summed E-state index contributed by atoms with van der Waals surface area (Å²) in [6, 6.07) is 1.87. The van der Waals surface area contributed by atoms with Gasteiger partial charge in [0.25, 0.3) is 0 Å². The first-order chi connectivity index (χ1) is 23.9. The number of ether oxygens (including phenoxy) is 2. The first-order valence-corrected chi connectivity index (χ1v) is 16.6. The zero-order chi connectivity index (χ0) is 35.1. The molecule has 5 aromatic rings. The number of fused-ring (bicyclic) bond motifs is 1. The van der Waals surface area contributed by atoms with Crippen LogP contribution in [0.2, 0.25) is 0 Å². The highest BCUT2D eigenvalue weighted by Gasteiger charge is 2.41. The molecule has 2 fully saturated rings. The van der Waals surface area contributed by atoms with Crippen molar-refractivity contribution in [3.8, 4) is 23.1 Å². The van der Waals surface area contributed by atoms with Crippen molar-refractivity contribution in [3.63, 3.8) is 0 Å². The minimum atomic E-state index is -4.86. The summed E-state index contributed by atoms with van der Waals surface area (Å²) in [5.74, 6) is -1.64. The topological polar surface area (TPSA) is 131 Å². The molecule has 0 amide bonds. The minimum Gasteiger partial charge on any atom is -0.475 e. The molecule has 11 nitrogen and oxygen atoms in total. The number of hydrogen-bond acceptors (Lipinski definition) is 10. The monoisotopic (exact) mass is 695 g/mol. The van der Waals surface area contributed by atoms with Crippen LogP contribution in [-0.4, -0.2) is 72.9 Å². The van der Waals surface area contributed by atoms with Gasteiger partial charge in [-0.05, 0) is 70.7 Å². The Kier molecular flexibility index (Phi) is 7.69. The van der Waals surface area contributed by atoms with Gasteiger partial charge in [0.2, 0.25) is 5.88 Å². The Balaban J connectivity index is 1.35. The first-order valence-electron chi connectivity index (χ1n) is 16.6. The Morgan fingerprint density at radius 1 is 1.12 bits per heavy atom. The Morgan fingerprint density at radius 3 is 2.68 bits per heavy atom. The van der Waals surface area contributed by atoms with Gasteiger partial charge >= 0.3 is 12.2 Å². The van der Waals surface area contributed by atoms with Gasteiger partial charge in [-0.15, -0.1) is 0 Å².